The second-order valence-corrected chi connectivity index (χ2v) is 16.6. The molecule has 0 spiro atoms. The molecule has 4 atom stereocenters. The lowest BCUT2D eigenvalue weighted by Crippen LogP contribution is -2.46. The number of aromatic nitrogens is 6. The highest BCUT2D eigenvalue weighted by Gasteiger charge is 2.37. The molecule has 4 aromatic rings. The van der Waals surface area contributed by atoms with E-state index in [9.17, 15) is 18.9 Å². The molecule has 2 aromatic heterocycles. The molecule has 332 valence electrons. The lowest BCUT2D eigenvalue weighted by Gasteiger charge is -2.37. The average molecular weight is 871 g/mol. The van der Waals surface area contributed by atoms with Gasteiger partial charge in [-0.25, -0.2) is 28.4 Å². The summed E-state index contributed by atoms with van der Waals surface area (Å²) in [6, 6.07) is 15.4. The normalized spacial score (nSPS) is 19.1. The summed E-state index contributed by atoms with van der Waals surface area (Å²) in [6.45, 7) is 10.0. The molecule has 2 fully saturated rings. The number of hydrogen-bond donors (Lipinski definition) is 2. The number of carbonyl (C=O) groups is 2. The van der Waals surface area contributed by atoms with Crippen molar-refractivity contribution < 1.29 is 52.1 Å². The number of ether oxygens (including phenoxy) is 5. The first kappa shape index (κ1) is 45.3. The smallest absolute Gasteiger partial charge is 0.493 e. The zero-order valence-electron chi connectivity index (χ0n) is 34.7. The van der Waals surface area contributed by atoms with E-state index in [-0.39, 0.29) is 18.6 Å². The topological polar surface area (TPSA) is 224 Å². The Balaban J connectivity index is 0.906. The summed E-state index contributed by atoms with van der Waals surface area (Å²) in [6.07, 6.45) is 5.36. The largest absolute Gasteiger partial charge is 0.511 e. The maximum Gasteiger partial charge on any atom is 0.511 e. The summed E-state index contributed by atoms with van der Waals surface area (Å²) in [5.74, 6) is 0.524. The molecule has 0 radical (unpaired) electrons. The minimum absolute atomic E-state index is 0.0211. The van der Waals surface area contributed by atoms with Crippen LogP contribution in [0.25, 0.3) is 5.69 Å². The molecular weight excluding hydrogens is 815 g/mol. The van der Waals surface area contributed by atoms with E-state index in [0.717, 1.165) is 49.7 Å². The van der Waals surface area contributed by atoms with Gasteiger partial charge in [-0.05, 0) is 88.1 Å². The van der Waals surface area contributed by atoms with Crippen LogP contribution in [0.5, 0.6) is 5.75 Å². The molecule has 4 heterocycles. The molecule has 0 bridgehead atoms. The van der Waals surface area contributed by atoms with E-state index in [1.807, 2.05) is 43.3 Å². The zero-order chi connectivity index (χ0) is 43.4. The first-order chi connectivity index (χ1) is 29.3. The molecule has 61 heavy (non-hydrogen) atoms. The van der Waals surface area contributed by atoms with Crippen molar-refractivity contribution in [1.29, 1.82) is 0 Å². The van der Waals surface area contributed by atoms with Gasteiger partial charge in [0.25, 0.3) is 0 Å². The van der Waals surface area contributed by atoms with E-state index in [1.54, 1.807) is 17.9 Å². The lowest BCUT2D eigenvalue weighted by atomic mass is 9.96. The monoisotopic (exact) mass is 870 g/mol. The molecule has 20 nitrogen and oxygen atoms in total. The fourth-order valence-electron chi connectivity index (χ4n) is 7.57. The summed E-state index contributed by atoms with van der Waals surface area (Å²) in [5, 5.41) is 8.53. The van der Waals surface area contributed by atoms with Gasteiger partial charge in [-0.1, -0.05) is 13.3 Å². The fourth-order valence-corrected chi connectivity index (χ4v) is 7.94. The molecule has 2 saturated heterocycles. The van der Waals surface area contributed by atoms with E-state index < -0.39 is 44.6 Å². The van der Waals surface area contributed by atoms with Crippen LogP contribution in [-0.4, -0.2) is 116 Å². The van der Waals surface area contributed by atoms with Crippen molar-refractivity contribution in [2.75, 3.05) is 62.6 Å². The molecule has 21 heteroatoms. The van der Waals surface area contributed by atoms with Crippen molar-refractivity contribution in [2.24, 2.45) is 5.92 Å². The van der Waals surface area contributed by atoms with Crippen LogP contribution in [0, 0.1) is 5.92 Å². The van der Waals surface area contributed by atoms with Crippen LogP contribution in [0.15, 0.2) is 72.3 Å². The Labute approximate surface area is 353 Å². The number of piperazine rings is 1. The third kappa shape index (κ3) is 13.1. The summed E-state index contributed by atoms with van der Waals surface area (Å²) in [5.41, 5.74) is 2.14. The standard InChI is InChI=1S/C40H55N8O12P/c1-4-36(30(2)60-39(51)57-29-56-37(49)8-6-5-7-21-59-61(52,53)54)48-38(50)47(28-43-48)34-11-9-32(10-12-34)44-17-19-45(20-18-44)33-13-15-35(16-14-33)55-23-31-22-40(3,58-24-31)25-46-27-41-26-42-46/h9-16,26-28,30-31,36H,4-8,17-25,29H2,1-3H3,(H2,52,53,54)/t30-,31+,36-,40-/m0/s1. The molecule has 2 N–H and O–H groups in total. The van der Waals surface area contributed by atoms with Gasteiger partial charge in [-0.2, -0.15) is 10.2 Å². The Bertz CT molecular complexity index is 2100. The summed E-state index contributed by atoms with van der Waals surface area (Å²) in [7, 11) is -4.51. The van der Waals surface area contributed by atoms with Gasteiger partial charge < -0.3 is 43.3 Å². The molecule has 0 unspecified atom stereocenters. The molecule has 2 aliphatic rings. The van der Waals surface area contributed by atoms with Gasteiger partial charge in [0, 0.05) is 49.9 Å². The van der Waals surface area contributed by atoms with Crippen molar-refractivity contribution in [2.45, 2.75) is 83.6 Å². The van der Waals surface area contributed by atoms with Gasteiger partial charge in [0.2, 0.25) is 6.79 Å². The quantitative estimate of drug-likeness (QED) is 0.0509. The van der Waals surface area contributed by atoms with Crippen molar-refractivity contribution >= 4 is 31.3 Å². The van der Waals surface area contributed by atoms with Crippen LogP contribution in [-0.2, 0) is 39.4 Å². The van der Waals surface area contributed by atoms with Crippen LogP contribution in [0.3, 0.4) is 0 Å². The van der Waals surface area contributed by atoms with Crippen molar-refractivity contribution in [3.63, 3.8) is 0 Å². The van der Waals surface area contributed by atoms with Gasteiger partial charge in [-0.3, -0.25) is 14.0 Å². The number of phosphoric acid groups is 1. The zero-order valence-corrected chi connectivity index (χ0v) is 35.6. The maximum atomic E-state index is 13.5. The van der Waals surface area contributed by atoms with Gasteiger partial charge in [0.05, 0.1) is 43.7 Å². The Hall–Kier alpha value is -5.27. The SMILES string of the molecule is CC[C@@H]([C@H](C)OC(=O)OCOC(=O)CCCCCOP(=O)(O)O)n1ncn(-c2ccc(N3CCN(c4ccc(OC[C@@H]5CO[C@](C)(Cn6cncn6)C5)cc4)CC3)cc2)c1=O. The lowest BCUT2D eigenvalue weighted by molar-refractivity contribution is -0.154. The highest BCUT2D eigenvalue weighted by molar-refractivity contribution is 7.46. The van der Waals surface area contributed by atoms with Crippen LogP contribution in [0.2, 0.25) is 0 Å². The van der Waals surface area contributed by atoms with E-state index in [1.165, 1.54) is 21.9 Å². The second kappa shape index (κ2) is 21.0. The Morgan fingerprint density at radius 2 is 1.61 bits per heavy atom. The van der Waals surface area contributed by atoms with Gasteiger partial charge in [0.1, 0.15) is 30.8 Å². The minimum atomic E-state index is -4.51. The van der Waals surface area contributed by atoms with Crippen molar-refractivity contribution in [3.8, 4) is 11.4 Å². The van der Waals surface area contributed by atoms with Crippen LogP contribution in [0.1, 0.15) is 65.3 Å². The fraction of sp³-hybridized carbons (Fsp3) is 0.550. The number of anilines is 2. The molecule has 6 rings (SSSR count). The molecule has 2 aliphatic heterocycles. The highest BCUT2D eigenvalue weighted by Crippen LogP contribution is 2.36. The molecule has 0 aliphatic carbocycles. The first-order valence-corrected chi connectivity index (χ1v) is 22.0. The predicted octanol–water partition coefficient (Wildman–Crippen LogP) is 4.49. The maximum absolute atomic E-state index is 13.5. The third-order valence-corrected chi connectivity index (χ3v) is 11.3. The number of unbranched alkanes of at least 4 members (excludes halogenated alkanes) is 2. The highest BCUT2D eigenvalue weighted by atomic mass is 31.2. The van der Waals surface area contributed by atoms with Crippen molar-refractivity contribution in [3.05, 3.63) is 78.0 Å². The van der Waals surface area contributed by atoms with Crippen LogP contribution >= 0.6 is 7.82 Å². The number of esters is 1. The van der Waals surface area contributed by atoms with E-state index in [2.05, 4.69) is 48.6 Å². The van der Waals surface area contributed by atoms with Crippen LogP contribution < -0.4 is 20.2 Å². The Morgan fingerprint density at radius 3 is 2.25 bits per heavy atom. The summed E-state index contributed by atoms with van der Waals surface area (Å²) < 4.78 is 47.0. The Kier molecular flexibility index (Phi) is 15.6. The number of hydrogen-bond acceptors (Lipinski definition) is 15. The minimum Gasteiger partial charge on any atom is -0.493 e. The molecule has 2 aromatic carbocycles. The van der Waals surface area contributed by atoms with E-state index >= 15 is 0 Å². The van der Waals surface area contributed by atoms with Crippen molar-refractivity contribution in [1.82, 2.24) is 29.1 Å². The molecular formula is C40H55N8O12P. The number of rotatable bonds is 21. The predicted molar refractivity (Wildman–Crippen MR) is 220 cm³/mol. The summed E-state index contributed by atoms with van der Waals surface area (Å²) in [4.78, 5) is 63.8. The van der Waals surface area contributed by atoms with E-state index in [0.29, 0.717) is 57.0 Å². The molecule has 0 amide bonds. The van der Waals surface area contributed by atoms with Gasteiger partial charge in [-0.15, -0.1) is 0 Å². The van der Waals surface area contributed by atoms with Crippen LogP contribution in [0.4, 0.5) is 16.2 Å². The summed E-state index contributed by atoms with van der Waals surface area (Å²) >= 11 is 0. The first-order valence-electron chi connectivity index (χ1n) is 20.4. The average Bonchev–Trinajstić information content (AvgIpc) is 3.99. The number of benzene rings is 2. The number of carbonyl (C=O) groups excluding carboxylic acids is 2. The molecule has 0 saturated carbocycles. The van der Waals surface area contributed by atoms with Gasteiger partial charge in [0.15, 0.2) is 0 Å². The second-order valence-electron chi connectivity index (χ2n) is 15.4. The Morgan fingerprint density at radius 1 is 0.934 bits per heavy atom. The third-order valence-electron chi connectivity index (χ3n) is 10.7. The van der Waals surface area contributed by atoms with E-state index in [4.69, 9.17) is 33.5 Å². The number of phosphoric ester groups is 1. The van der Waals surface area contributed by atoms with Gasteiger partial charge >= 0.3 is 25.6 Å². The number of nitrogens with zero attached hydrogens (tertiary/aromatic N) is 8.